The Balaban J connectivity index is 2.75. The molecule has 0 aliphatic heterocycles. The first-order valence-corrected chi connectivity index (χ1v) is 4.18. The van der Waals surface area contributed by atoms with Crippen LogP contribution in [0.15, 0.2) is 17.0 Å². The number of ether oxygens (including phenoxy) is 1. The van der Waals surface area contributed by atoms with Gasteiger partial charge >= 0.3 is 5.97 Å². The number of rotatable bonds is 2. The van der Waals surface area contributed by atoms with Crippen molar-refractivity contribution >= 4 is 21.9 Å². The first kappa shape index (κ1) is 9.12. The van der Waals surface area contributed by atoms with E-state index < -0.39 is 5.97 Å². The van der Waals surface area contributed by atoms with Crippen LogP contribution in [0.3, 0.4) is 0 Å². The lowest BCUT2D eigenvalue weighted by atomic mass is 10.5. The van der Waals surface area contributed by atoms with E-state index in [4.69, 9.17) is 4.74 Å². The Labute approximate surface area is 78.1 Å². The number of carbonyl (C=O) groups excluding carboxylic acids is 1. The maximum absolute atomic E-state index is 11.0. The number of hydrogen-bond acceptors (Lipinski definition) is 4. The van der Waals surface area contributed by atoms with Gasteiger partial charge in [-0.1, -0.05) is 0 Å². The molecule has 64 valence electrons. The van der Waals surface area contributed by atoms with Crippen LogP contribution in [-0.4, -0.2) is 22.5 Å². The second-order valence-electron chi connectivity index (χ2n) is 1.94. The van der Waals surface area contributed by atoms with E-state index in [9.17, 15) is 4.79 Å². The summed E-state index contributed by atoms with van der Waals surface area (Å²) in [7, 11) is 0. The number of aromatic nitrogens is 2. The van der Waals surface area contributed by atoms with Crippen LogP contribution in [0.25, 0.3) is 0 Å². The van der Waals surface area contributed by atoms with E-state index >= 15 is 0 Å². The molecule has 0 saturated heterocycles. The highest BCUT2D eigenvalue weighted by Crippen LogP contribution is 2.03. The third kappa shape index (κ3) is 2.27. The lowest BCUT2D eigenvalue weighted by Crippen LogP contribution is -2.07. The van der Waals surface area contributed by atoms with E-state index in [1.54, 1.807) is 6.92 Å². The van der Waals surface area contributed by atoms with E-state index in [-0.39, 0.29) is 5.69 Å². The standard InChI is InChI=1S/C7H7BrN2O2/c1-2-12-7(11)5-3-10-6(8)4-9-5/h3-4H,2H2,1H3. The van der Waals surface area contributed by atoms with Gasteiger partial charge in [-0.3, -0.25) is 0 Å². The van der Waals surface area contributed by atoms with Crippen LogP contribution >= 0.6 is 15.9 Å². The molecule has 1 heterocycles. The van der Waals surface area contributed by atoms with Crippen molar-refractivity contribution < 1.29 is 9.53 Å². The number of hydrogen-bond donors (Lipinski definition) is 0. The van der Waals surface area contributed by atoms with Crippen molar-refractivity contribution in [1.29, 1.82) is 0 Å². The van der Waals surface area contributed by atoms with Gasteiger partial charge in [0.1, 0.15) is 4.60 Å². The Hall–Kier alpha value is -0.970. The van der Waals surface area contributed by atoms with E-state index in [0.29, 0.717) is 11.2 Å². The van der Waals surface area contributed by atoms with Crippen LogP contribution in [0, 0.1) is 0 Å². The lowest BCUT2D eigenvalue weighted by molar-refractivity contribution is 0.0519. The highest BCUT2D eigenvalue weighted by Gasteiger charge is 2.07. The summed E-state index contributed by atoms with van der Waals surface area (Å²) in [6.45, 7) is 2.08. The van der Waals surface area contributed by atoms with Crippen LogP contribution in [0.5, 0.6) is 0 Å². The van der Waals surface area contributed by atoms with Crippen molar-refractivity contribution in [1.82, 2.24) is 9.97 Å². The predicted molar refractivity (Wildman–Crippen MR) is 45.7 cm³/mol. The maximum Gasteiger partial charge on any atom is 0.358 e. The molecule has 1 aromatic rings. The summed E-state index contributed by atoms with van der Waals surface area (Å²) in [4.78, 5) is 18.7. The smallest absolute Gasteiger partial charge is 0.358 e. The van der Waals surface area contributed by atoms with Crippen molar-refractivity contribution in [2.45, 2.75) is 6.92 Å². The highest BCUT2D eigenvalue weighted by molar-refractivity contribution is 9.10. The van der Waals surface area contributed by atoms with Crippen LogP contribution in [0.2, 0.25) is 0 Å². The molecular weight excluding hydrogens is 224 g/mol. The van der Waals surface area contributed by atoms with E-state index in [0.717, 1.165) is 0 Å². The molecule has 5 heteroatoms. The average Bonchev–Trinajstić information content (AvgIpc) is 2.06. The number of nitrogens with zero attached hydrogens (tertiary/aromatic N) is 2. The van der Waals surface area contributed by atoms with Crippen molar-refractivity contribution in [3.05, 3.63) is 22.7 Å². The zero-order valence-electron chi connectivity index (χ0n) is 6.45. The van der Waals surface area contributed by atoms with Gasteiger partial charge in [0, 0.05) is 0 Å². The van der Waals surface area contributed by atoms with E-state index in [1.807, 2.05) is 0 Å². The van der Waals surface area contributed by atoms with Gasteiger partial charge in [-0.05, 0) is 22.9 Å². The monoisotopic (exact) mass is 230 g/mol. The van der Waals surface area contributed by atoms with Gasteiger partial charge in [0.05, 0.1) is 19.0 Å². The summed E-state index contributed by atoms with van der Waals surface area (Å²) in [5.41, 5.74) is 0.222. The fourth-order valence-corrected chi connectivity index (χ4v) is 0.827. The summed E-state index contributed by atoms with van der Waals surface area (Å²) >= 11 is 3.11. The number of carbonyl (C=O) groups is 1. The molecule has 0 radical (unpaired) electrons. The molecule has 4 nitrogen and oxygen atoms in total. The molecular formula is C7H7BrN2O2. The molecule has 0 aromatic carbocycles. The minimum Gasteiger partial charge on any atom is -0.461 e. The predicted octanol–water partition coefficient (Wildman–Crippen LogP) is 1.42. The van der Waals surface area contributed by atoms with Crippen molar-refractivity contribution in [3.63, 3.8) is 0 Å². The van der Waals surface area contributed by atoms with Crippen LogP contribution in [0.4, 0.5) is 0 Å². The number of esters is 1. The molecule has 0 fully saturated rings. The number of halogens is 1. The maximum atomic E-state index is 11.0. The van der Waals surface area contributed by atoms with E-state index in [2.05, 4.69) is 25.9 Å². The average molecular weight is 231 g/mol. The Morgan fingerprint density at radius 1 is 1.58 bits per heavy atom. The largest absolute Gasteiger partial charge is 0.461 e. The molecule has 12 heavy (non-hydrogen) atoms. The molecule has 0 N–H and O–H groups in total. The van der Waals surface area contributed by atoms with Gasteiger partial charge in [-0.15, -0.1) is 0 Å². The molecule has 1 rings (SSSR count). The molecule has 0 aliphatic rings. The molecule has 0 saturated carbocycles. The summed E-state index contributed by atoms with van der Waals surface area (Å²) in [5.74, 6) is -0.447. The second kappa shape index (κ2) is 4.15. The molecule has 0 spiro atoms. The lowest BCUT2D eigenvalue weighted by Gasteiger charge is -1.98. The van der Waals surface area contributed by atoms with Gasteiger partial charge in [0.15, 0.2) is 5.69 Å². The van der Waals surface area contributed by atoms with Crippen molar-refractivity contribution in [2.75, 3.05) is 6.61 Å². The van der Waals surface area contributed by atoms with Gasteiger partial charge in [0.25, 0.3) is 0 Å². The Morgan fingerprint density at radius 2 is 2.33 bits per heavy atom. The zero-order chi connectivity index (χ0) is 8.97. The highest BCUT2D eigenvalue weighted by atomic mass is 79.9. The Kier molecular flexibility index (Phi) is 3.16. The van der Waals surface area contributed by atoms with Gasteiger partial charge in [-0.25, -0.2) is 14.8 Å². The zero-order valence-corrected chi connectivity index (χ0v) is 8.04. The topological polar surface area (TPSA) is 52.1 Å². The first-order valence-electron chi connectivity index (χ1n) is 3.38. The van der Waals surface area contributed by atoms with Crippen LogP contribution in [-0.2, 0) is 4.74 Å². The third-order valence-corrected chi connectivity index (χ3v) is 1.51. The minimum atomic E-state index is -0.447. The van der Waals surface area contributed by atoms with Crippen molar-refractivity contribution in [2.24, 2.45) is 0 Å². The van der Waals surface area contributed by atoms with Crippen molar-refractivity contribution in [3.8, 4) is 0 Å². The summed E-state index contributed by atoms with van der Waals surface area (Å²) in [6.07, 6.45) is 2.81. The second-order valence-corrected chi connectivity index (χ2v) is 2.76. The van der Waals surface area contributed by atoms with E-state index in [1.165, 1.54) is 12.4 Å². The van der Waals surface area contributed by atoms with Crippen LogP contribution < -0.4 is 0 Å². The Bertz CT molecular complexity index is 273. The fourth-order valence-electron chi connectivity index (χ4n) is 0.623. The molecule has 0 amide bonds. The van der Waals surface area contributed by atoms with Gasteiger partial charge in [-0.2, -0.15) is 0 Å². The van der Waals surface area contributed by atoms with Crippen LogP contribution in [0.1, 0.15) is 17.4 Å². The summed E-state index contributed by atoms with van der Waals surface area (Å²) in [6, 6.07) is 0. The quantitative estimate of drug-likeness (QED) is 0.722. The fraction of sp³-hybridized carbons (Fsp3) is 0.286. The van der Waals surface area contributed by atoms with Gasteiger partial charge in [0.2, 0.25) is 0 Å². The van der Waals surface area contributed by atoms with Gasteiger partial charge < -0.3 is 4.74 Å². The molecule has 0 bridgehead atoms. The summed E-state index contributed by atoms with van der Waals surface area (Å²) in [5, 5.41) is 0. The molecule has 0 atom stereocenters. The first-order chi connectivity index (χ1) is 5.74. The third-order valence-electron chi connectivity index (χ3n) is 1.10. The molecule has 0 aliphatic carbocycles. The SMILES string of the molecule is CCOC(=O)c1cnc(Br)cn1. The molecule has 1 aromatic heterocycles. The Morgan fingerprint density at radius 3 is 2.83 bits per heavy atom. The minimum absolute atomic E-state index is 0.222. The summed E-state index contributed by atoms with van der Waals surface area (Å²) < 4.78 is 5.30. The normalized spacial score (nSPS) is 9.50. The molecule has 0 unspecified atom stereocenters.